The Balaban J connectivity index is 1.55. The summed E-state index contributed by atoms with van der Waals surface area (Å²) in [6.07, 6.45) is 5.58. The molecule has 3 nitrogen and oxygen atoms in total. The topological polar surface area (TPSA) is 55.1 Å². The molecule has 106 valence electrons. The molecule has 0 aliphatic heterocycles. The molecule has 0 saturated heterocycles. The van der Waals surface area contributed by atoms with Gasteiger partial charge < -0.3 is 11.1 Å². The largest absolute Gasteiger partial charge is 0.389 e. The summed E-state index contributed by atoms with van der Waals surface area (Å²) in [7, 11) is 0. The van der Waals surface area contributed by atoms with Crippen LogP contribution in [0.2, 0.25) is 0 Å². The van der Waals surface area contributed by atoms with E-state index in [2.05, 4.69) is 5.32 Å². The summed E-state index contributed by atoms with van der Waals surface area (Å²) < 4.78 is 0. The van der Waals surface area contributed by atoms with Gasteiger partial charge in [-0.3, -0.25) is 4.79 Å². The first kappa shape index (κ1) is 13.6. The number of carbonyl (C=O) groups is 1. The Hall–Kier alpha value is -1.42. The average Bonchev–Trinajstić information content (AvgIpc) is 3.01. The van der Waals surface area contributed by atoms with Gasteiger partial charge >= 0.3 is 0 Å². The van der Waals surface area contributed by atoms with E-state index in [9.17, 15) is 4.79 Å². The second kappa shape index (κ2) is 5.52. The van der Waals surface area contributed by atoms with Crippen molar-refractivity contribution in [3.63, 3.8) is 0 Å². The van der Waals surface area contributed by atoms with Crippen molar-refractivity contribution in [1.29, 1.82) is 0 Å². The van der Waals surface area contributed by atoms with Crippen LogP contribution in [0, 0.1) is 11.8 Å². The fourth-order valence-corrected chi connectivity index (χ4v) is 3.79. The molecule has 2 fully saturated rings. The smallest absolute Gasteiger partial charge is 0.224 e. The number of carbonyl (C=O) groups excluding carboxylic acids is 1. The highest BCUT2D eigenvalue weighted by molar-refractivity contribution is 7.80. The summed E-state index contributed by atoms with van der Waals surface area (Å²) in [5, 5.41) is 3.21. The van der Waals surface area contributed by atoms with Crippen LogP contribution in [0.5, 0.6) is 0 Å². The molecule has 0 radical (unpaired) electrons. The normalized spacial score (nSPS) is 27.5. The molecular weight excluding hydrogens is 268 g/mol. The van der Waals surface area contributed by atoms with Crippen LogP contribution in [0.3, 0.4) is 0 Å². The van der Waals surface area contributed by atoms with E-state index in [1.165, 1.54) is 25.7 Å². The molecule has 4 heteroatoms. The van der Waals surface area contributed by atoms with Gasteiger partial charge in [-0.1, -0.05) is 42.9 Å². The van der Waals surface area contributed by atoms with Crippen LogP contribution in [0.1, 0.15) is 36.8 Å². The average molecular weight is 288 g/mol. The van der Waals surface area contributed by atoms with E-state index < -0.39 is 0 Å². The zero-order valence-corrected chi connectivity index (χ0v) is 12.3. The maximum atomic E-state index is 12.1. The molecule has 1 amide bonds. The third kappa shape index (κ3) is 2.85. The summed E-state index contributed by atoms with van der Waals surface area (Å²) in [6.45, 7) is 0. The Kier molecular flexibility index (Phi) is 3.74. The first-order valence-corrected chi connectivity index (χ1v) is 7.71. The third-order valence-electron chi connectivity index (χ3n) is 4.69. The quantitative estimate of drug-likeness (QED) is 0.835. The molecule has 0 heterocycles. The monoisotopic (exact) mass is 288 g/mol. The Bertz CT molecular complexity index is 526. The van der Waals surface area contributed by atoms with Gasteiger partial charge in [-0.25, -0.2) is 0 Å². The lowest BCUT2D eigenvalue weighted by molar-refractivity contribution is -0.121. The predicted molar refractivity (Wildman–Crippen MR) is 83.4 cm³/mol. The highest BCUT2D eigenvalue weighted by Gasteiger charge is 2.39. The van der Waals surface area contributed by atoms with E-state index in [0.717, 1.165) is 23.0 Å². The number of benzene rings is 1. The molecule has 1 aromatic rings. The van der Waals surface area contributed by atoms with Crippen molar-refractivity contribution in [3.8, 4) is 0 Å². The fraction of sp³-hybridized carbons (Fsp3) is 0.500. The first-order valence-electron chi connectivity index (χ1n) is 7.30. The van der Waals surface area contributed by atoms with Gasteiger partial charge in [0, 0.05) is 11.6 Å². The molecule has 2 saturated carbocycles. The minimum atomic E-state index is 0.130. The molecule has 1 aromatic carbocycles. The number of hydrogen-bond acceptors (Lipinski definition) is 2. The molecule has 20 heavy (non-hydrogen) atoms. The minimum Gasteiger partial charge on any atom is -0.389 e. The van der Waals surface area contributed by atoms with Gasteiger partial charge in [0.2, 0.25) is 5.91 Å². The molecule has 2 aliphatic rings. The minimum absolute atomic E-state index is 0.130. The highest BCUT2D eigenvalue weighted by Crippen LogP contribution is 2.44. The molecule has 3 unspecified atom stereocenters. The Morgan fingerprint density at radius 2 is 2.00 bits per heavy atom. The fourth-order valence-electron chi connectivity index (χ4n) is 3.65. The van der Waals surface area contributed by atoms with Crippen LogP contribution in [-0.2, 0) is 11.2 Å². The second-order valence-electron chi connectivity index (χ2n) is 6.09. The number of hydrogen-bond donors (Lipinski definition) is 2. The van der Waals surface area contributed by atoms with Crippen LogP contribution >= 0.6 is 12.2 Å². The number of nitrogens with two attached hydrogens (primary N) is 1. The van der Waals surface area contributed by atoms with Gasteiger partial charge in [0.1, 0.15) is 4.99 Å². The van der Waals surface area contributed by atoms with Crippen LogP contribution < -0.4 is 11.1 Å². The number of fused-ring (bicyclic) bond motifs is 2. The van der Waals surface area contributed by atoms with Gasteiger partial charge in [-0.15, -0.1) is 0 Å². The van der Waals surface area contributed by atoms with Crippen LogP contribution in [0.4, 0.5) is 0 Å². The van der Waals surface area contributed by atoms with Crippen molar-refractivity contribution < 1.29 is 4.79 Å². The number of nitrogens with one attached hydrogen (secondary N) is 1. The summed E-state index contributed by atoms with van der Waals surface area (Å²) in [6, 6.07) is 8.02. The van der Waals surface area contributed by atoms with Gasteiger partial charge in [-0.05, 0) is 36.7 Å². The third-order valence-corrected chi connectivity index (χ3v) is 4.92. The lowest BCUT2D eigenvalue weighted by Gasteiger charge is -2.22. The van der Waals surface area contributed by atoms with Crippen molar-refractivity contribution in [3.05, 3.63) is 35.4 Å². The zero-order valence-electron chi connectivity index (χ0n) is 11.5. The molecule has 2 bridgehead atoms. The van der Waals surface area contributed by atoms with Crippen molar-refractivity contribution in [2.24, 2.45) is 17.6 Å². The Morgan fingerprint density at radius 3 is 2.55 bits per heavy atom. The summed E-state index contributed by atoms with van der Waals surface area (Å²) in [4.78, 5) is 12.5. The second-order valence-corrected chi connectivity index (χ2v) is 6.53. The summed E-state index contributed by atoms with van der Waals surface area (Å²) in [5.41, 5.74) is 7.41. The molecule has 0 aromatic heterocycles. The van der Waals surface area contributed by atoms with Gasteiger partial charge in [-0.2, -0.15) is 0 Å². The van der Waals surface area contributed by atoms with E-state index in [1.54, 1.807) is 0 Å². The lowest BCUT2D eigenvalue weighted by atomic mass is 9.95. The van der Waals surface area contributed by atoms with Crippen LogP contribution in [-0.4, -0.2) is 16.9 Å². The number of rotatable bonds is 4. The van der Waals surface area contributed by atoms with Gasteiger partial charge in [0.05, 0.1) is 6.42 Å². The maximum absolute atomic E-state index is 12.1. The molecule has 0 spiro atoms. The van der Waals surface area contributed by atoms with Crippen molar-refractivity contribution in [1.82, 2.24) is 5.32 Å². The van der Waals surface area contributed by atoms with E-state index in [4.69, 9.17) is 18.0 Å². The van der Waals surface area contributed by atoms with E-state index in [0.29, 0.717) is 17.5 Å². The molecule has 3 N–H and O–H groups in total. The standard InChI is InChI=1S/C16H20N2OS/c17-16(20)12-4-1-10(2-5-12)9-15(19)18-14-8-11-3-6-13(14)7-11/h1-2,4-5,11,13-14H,3,6-9H2,(H2,17,20)(H,18,19). The molecule has 2 aliphatic carbocycles. The maximum Gasteiger partial charge on any atom is 0.224 e. The van der Waals surface area contributed by atoms with Crippen molar-refractivity contribution in [2.45, 2.75) is 38.1 Å². The van der Waals surface area contributed by atoms with Crippen molar-refractivity contribution >= 4 is 23.1 Å². The summed E-state index contributed by atoms with van der Waals surface area (Å²) >= 11 is 4.92. The predicted octanol–water partition coefficient (Wildman–Crippen LogP) is 2.17. The van der Waals surface area contributed by atoms with Gasteiger partial charge in [0.15, 0.2) is 0 Å². The number of amides is 1. The van der Waals surface area contributed by atoms with E-state index >= 15 is 0 Å². The number of thiocarbonyl (C=S) groups is 1. The lowest BCUT2D eigenvalue weighted by Crippen LogP contribution is -2.39. The van der Waals surface area contributed by atoms with Gasteiger partial charge in [0.25, 0.3) is 0 Å². The molecule has 3 rings (SSSR count). The van der Waals surface area contributed by atoms with Crippen LogP contribution in [0.25, 0.3) is 0 Å². The Labute approximate surface area is 124 Å². The van der Waals surface area contributed by atoms with Crippen LogP contribution in [0.15, 0.2) is 24.3 Å². The molecule has 3 atom stereocenters. The summed E-state index contributed by atoms with van der Waals surface area (Å²) in [5.74, 6) is 1.71. The SMILES string of the molecule is NC(=S)c1ccc(CC(=O)NC2CC3CCC2C3)cc1. The molecular formula is C16H20N2OS. The van der Waals surface area contributed by atoms with E-state index in [1.807, 2.05) is 24.3 Å². The highest BCUT2D eigenvalue weighted by atomic mass is 32.1. The first-order chi connectivity index (χ1) is 9.61. The Morgan fingerprint density at radius 1 is 1.25 bits per heavy atom. The van der Waals surface area contributed by atoms with Crippen molar-refractivity contribution in [2.75, 3.05) is 0 Å². The van der Waals surface area contributed by atoms with E-state index in [-0.39, 0.29) is 5.91 Å². The zero-order chi connectivity index (χ0) is 14.1.